The smallest absolute Gasteiger partial charge is 0.276 e. The highest BCUT2D eigenvalue weighted by Crippen LogP contribution is 2.17. The molecule has 0 aliphatic carbocycles. The summed E-state index contributed by atoms with van der Waals surface area (Å²) in [5, 5.41) is 8.44. The SMILES string of the molecule is CCC1CC[NH+](Cc2noc(-c3cc(C)nn3C)n2)CC1. The van der Waals surface area contributed by atoms with Crippen molar-refractivity contribution in [2.45, 2.75) is 39.7 Å². The molecule has 1 N–H and O–H groups in total. The zero-order valence-electron chi connectivity index (χ0n) is 13.1. The molecule has 114 valence electrons. The Morgan fingerprint density at radius 3 is 2.76 bits per heavy atom. The summed E-state index contributed by atoms with van der Waals surface area (Å²) >= 11 is 0. The summed E-state index contributed by atoms with van der Waals surface area (Å²) in [5.74, 6) is 2.27. The average Bonchev–Trinajstić information content (AvgIpc) is 3.06. The van der Waals surface area contributed by atoms with Crippen LogP contribution in [0.2, 0.25) is 0 Å². The predicted octanol–water partition coefficient (Wildman–Crippen LogP) is 0.983. The van der Waals surface area contributed by atoms with Gasteiger partial charge in [0.05, 0.1) is 18.8 Å². The summed E-state index contributed by atoms with van der Waals surface area (Å²) in [6.07, 6.45) is 3.94. The summed E-state index contributed by atoms with van der Waals surface area (Å²) in [7, 11) is 1.90. The molecule has 0 aromatic carbocycles. The molecule has 2 aromatic heterocycles. The lowest BCUT2D eigenvalue weighted by atomic mass is 9.94. The van der Waals surface area contributed by atoms with Crippen LogP contribution < -0.4 is 4.90 Å². The fourth-order valence-corrected chi connectivity index (χ4v) is 3.14. The molecule has 1 fully saturated rings. The predicted molar refractivity (Wildman–Crippen MR) is 78.7 cm³/mol. The van der Waals surface area contributed by atoms with Gasteiger partial charge in [-0.2, -0.15) is 10.1 Å². The number of aromatic nitrogens is 4. The van der Waals surface area contributed by atoms with E-state index in [-0.39, 0.29) is 0 Å². The van der Waals surface area contributed by atoms with E-state index in [1.807, 2.05) is 20.0 Å². The number of aryl methyl sites for hydroxylation is 2. The molecular formula is C15H24N5O+. The van der Waals surface area contributed by atoms with Gasteiger partial charge < -0.3 is 9.42 Å². The lowest BCUT2D eigenvalue weighted by Gasteiger charge is -2.27. The molecule has 1 aliphatic heterocycles. The van der Waals surface area contributed by atoms with Crippen LogP contribution in [0.3, 0.4) is 0 Å². The molecule has 1 aliphatic rings. The molecule has 6 heteroatoms. The number of piperidine rings is 1. The lowest BCUT2D eigenvalue weighted by Crippen LogP contribution is -3.11. The molecule has 1 saturated heterocycles. The van der Waals surface area contributed by atoms with Crippen molar-refractivity contribution in [3.63, 3.8) is 0 Å². The van der Waals surface area contributed by atoms with Crippen LogP contribution in [0.5, 0.6) is 0 Å². The number of hydrogen-bond acceptors (Lipinski definition) is 4. The Bertz CT molecular complexity index is 595. The minimum atomic E-state index is 0.566. The summed E-state index contributed by atoms with van der Waals surface area (Å²) in [5.41, 5.74) is 1.84. The number of hydrogen-bond donors (Lipinski definition) is 1. The number of nitrogens with zero attached hydrogens (tertiary/aromatic N) is 4. The van der Waals surface area contributed by atoms with Gasteiger partial charge >= 0.3 is 0 Å². The zero-order valence-corrected chi connectivity index (χ0v) is 13.1. The number of rotatable bonds is 4. The van der Waals surface area contributed by atoms with Crippen LogP contribution in [0.1, 0.15) is 37.7 Å². The van der Waals surface area contributed by atoms with Crippen molar-refractivity contribution in [1.82, 2.24) is 19.9 Å². The quantitative estimate of drug-likeness (QED) is 0.912. The first-order valence-electron chi connectivity index (χ1n) is 7.83. The van der Waals surface area contributed by atoms with Crippen molar-refractivity contribution in [2.24, 2.45) is 13.0 Å². The van der Waals surface area contributed by atoms with Crippen LogP contribution in [-0.2, 0) is 13.6 Å². The monoisotopic (exact) mass is 290 g/mol. The third kappa shape index (κ3) is 3.15. The summed E-state index contributed by atoms with van der Waals surface area (Å²) < 4.78 is 7.18. The highest BCUT2D eigenvalue weighted by atomic mass is 16.5. The van der Waals surface area contributed by atoms with Gasteiger partial charge in [0.15, 0.2) is 0 Å². The molecule has 0 spiro atoms. The van der Waals surface area contributed by atoms with Crippen molar-refractivity contribution in [3.8, 4) is 11.6 Å². The molecule has 3 rings (SSSR count). The number of nitrogens with one attached hydrogen (secondary N) is 1. The van der Waals surface area contributed by atoms with Gasteiger partial charge in [-0.3, -0.25) is 4.68 Å². The van der Waals surface area contributed by atoms with Crippen LogP contribution in [-0.4, -0.2) is 33.0 Å². The van der Waals surface area contributed by atoms with Crippen LogP contribution in [0, 0.1) is 12.8 Å². The minimum absolute atomic E-state index is 0.566. The largest absolute Gasteiger partial charge is 0.332 e. The number of likely N-dealkylation sites (tertiary alicyclic amines) is 1. The van der Waals surface area contributed by atoms with Crippen molar-refractivity contribution in [1.29, 1.82) is 0 Å². The molecule has 3 heterocycles. The first kappa shape index (κ1) is 14.3. The van der Waals surface area contributed by atoms with Gasteiger partial charge in [-0.1, -0.05) is 18.5 Å². The van der Waals surface area contributed by atoms with Crippen LogP contribution in [0.25, 0.3) is 11.6 Å². The maximum Gasteiger partial charge on any atom is 0.276 e. The summed E-state index contributed by atoms with van der Waals surface area (Å²) in [6, 6.07) is 1.97. The minimum Gasteiger partial charge on any atom is -0.332 e. The van der Waals surface area contributed by atoms with Crippen molar-refractivity contribution in [3.05, 3.63) is 17.6 Å². The molecule has 21 heavy (non-hydrogen) atoms. The zero-order chi connectivity index (χ0) is 14.8. The Balaban J connectivity index is 1.64. The second-order valence-corrected chi connectivity index (χ2v) is 6.09. The van der Waals surface area contributed by atoms with Gasteiger partial charge in [0.2, 0.25) is 5.82 Å². The van der Waals surface area contributed by atoms with Crippen molar-refractivity contribution < 1.29 is 9.42 Å². The van der Waals surface area contributed by atoms with Crippen LogP contribution in [0.4, 0.5) is 0 Å². The number of quaternary nitrogens is 1. The second kappa shape index (κ2) is 5.97. The van der Waals surface area contributed by atoms with Crippen molar-refractivity contribution in [2.75, 3.05) is 13.1 Å². The molecule has 6 nitrogen and oxygen atoms in total. The Labute approximate surface area is 125 Å². The standard InChI is InChI=1S/C15H23N5O/c1-4-12-5-7-20(8-6-12)10-14-16-15(21-18-14)13-9-11(2)17-19(13)3/h9,12H,4-8,10H2,1-3H3/p+1. The maximum absolute atomic E-state index is 5.39. The maximum atomic E-state index is 5.39. The van der Waals surface area contributed by atoms with Gasteiger partial charge in [0, 0.05) is 7.05 Å². The average molecular weight is 290 g/mol. The molecule has 0 bridgehead atoms. The van der Waals surface area contributed by atoms with E-state index < -0.39 is 0 Å². The van der Waals surface area contributed by atoms with E-state index in [4.69, 9.17) is 4.52 Å². The van der Waals surface area contributed by atoms with Gasteiger partial charge in [-0.15, -0.1) is 0 Å². The van der Waals surface area contributed by atoms with E-state index in [2.05, 4.69) is 22.2 Å². The lowest BCUT2D eigenvalue weighted by molar-refractivity contribution is -0.920. The molecule has 0 radical (unpaired) electrons. The summed E-state index contributed by atoms with van der Waals surface area (Å²) in [4.78, 5) is 6.09. The highest BCUT2D eigenvalue weighted by Gasteiger charge is 2.23. The normalized spacial score (nSPS) is 22.6. The highest BCUT2D eigenvalue weighted by molar-refractivity contribution is 5.47. The molecule has 0 amide bonds. The Morgan fingerprint density at radius 1 is 1.38 bits per heavy atom. The van der Waals surface area contributed by atoms with E-state index in [1.54, 1.807) is 9.58 Å². The van der Waals surface area contributed by atoms with E-state index >= 15 is 0 Å². The first-order valence-corrected chi connectivity index (χ1v) is 7.83. The topological polar surface area (TPSA) is 61.2 Å². The second-order valence-electron chi connectivity index (χ2n) is 6.09. The van der Waals surface area contributed by atoms with E-state index in [9.17, 15) is 0 Å². The van der Waals surface area contributed by atoms with E-state index in [1.165, 1.54) is 32.4 Å². The molecule has 2 aromatic rings. The molecule has 0 unspecified atom stereocenters. The van der Waals surface area contributed by atoms with E-state index in [0.717, 1.165) is 29.7 Å². The fourth-order valence-electron chi connectivity index (χ4n) is 3.14. The van der Waals surface area contributed by atoms with Gasteiger partial charge in [-0.25, -0.2) is 0 Å². The van der Waals surface area contributed by atoms with E-state index in [0.29, 0.717) is 5.89 Å². The van der Waals surface area contributed by atoms with Gasteiger partial charge in [-0.05, 0) is 31.7 Å². The Morgan fingerprint density at radius 2 is 2.14 bits per heavy atom. The first-order chi connectivity index (χ1) is 10.2. The van der Waals surface area contributed by atoms with Gasteiger partial charge in [0.25, 0.3) is 5.89 Å². The Kier molecular flexibility index (Phi) is 4.05. The molecule has 0 saturated carbocycles. The van der Waals surface area contributed by atoms with Gasteiger partial charge in [0.1, 0.15) is 12.2 Å². The fraction of sp³-hybridized carbons (Fsp3) is 0.667. The third-order valence-corrected chi connectivity index (χ3v) is 4.49. The Hall–Kier alpha value is -1.69. The van der Waals surface area contributed by atoms with Crippen LogP contribution in [0.15, 0.2) is 10.6 Å². The van der Waals surface area contributed by atoms with Crippen LogP contribution >= 0.6 is 0 Å². The molecular weight excluding hydrogens is 266 g/mol. The summed E-state index contributed by atoms with van der Waals surface area (Å²) in [6.45, 7) is 7.54. The van der Waals surface area contributed by atoms with Crippen molar-refractivity contribution >= 4 is 0 Å². The molecule has 0 atom stereocenters. The third-order valence-electron chi connectivity index (χ3n) is 4.49.